The van der Waals surface area contributed by atoms with Crippen LogP contribution in [0.5, 0.6) is 0 Å². The lowest BCUT2D eigenvalue weighted by Crippen LogP contribution is -2.38. The third-order valence-electron chi connectivity index (χ3n) is 3.93. The lowest BCUT2D eigenvalue weighted by atomic mass is 9.99. The van der Waals surface area contributed by atoms with E-state index in [1.54, 1.807) is 25.3 Å². The van der Waals surface area contributed by atoms with Crippen molar-refractivity contribution in [3.05, 3.63) is 21.4 Å². The van der Waals surface area contributed by atoms with Crippen molar-refractivity contribution in [1.82, 2.24) is 10.2 Å². The van der Waals surface area contributed by atoms with Crippen molar-refractivity contribution < 1.29 is 14.7 Å². The second-order valence-corrected chi connectivity index (χ2v) is 7.04. The molecule has 1 atom stereocenters. The van der Waals surface area contributed by atoms with Gasteiger partial charge in [-0.2, -0.15) is 0 Å². The molecular formula is C16H24N2O3S. The van der Waals surface area contributed by atoms with E-state index in [1.807, 2.05) is 6.07 Å². The highest BCUT2D eigenvalue weighted by Crippen LogP contribution is 2.29. The Bertz CT molecular complexity index is 516. The molecule has 1 aliphatic rings. The zero-order valence-corrected chi connectivity index (χ0v) is 14.0. The maximum atomic E-state index is 12.1. The summed E-state index contributed by atoms with van der Waals surface area (Å²) in [5.74, 6) is -0.313. The first-order chi connectivity index (χ1) is 10.5. The van der Waals surface area contributed by atoms with Gasteiger partial charge in [0.15, 0.2) is 0 Å². The molecule has 0 bridgehead atoms. The molecular weight excluding hydrogens is 300 g/mol. The predicted molar refractivity (Wildman–Crippen MR) is 87.2 cm³/mol. The summed E-state index contributed by atoms with van der Waals surface area (Å²) in [6, 6.07) is 1.97. The highest BCUT2D eigenvalue weighted by atomic mass is 32.1. The molecule has 2 amide bonds. The maximum absolute atomic E-state index is 12.1. The number of hydrogen-bond donors (Lipinski definition) is 2. The molecule has 0 fully saturated rings. The lowest BCUT2D eigenvalue weighted by molar-refractivity contribution is -0.129. The van der Waals surface area contributed by atoms with E-state index in [2.05, 4.69) is 5.32 Å². The summed E-state index contributed by atoms with van der Waals surface area (Å²) in [6.45, 7) is 2.18. The van der Waals surface area contributed by atoms with Gasteiger partial charge in [0.1, 0.15) is 0 Å². The van der Waals surface area contributed by atoms with E-state index >= 15 is 0 Å². The van der Waals surface area contributed by atoms with Crippen molar-refractivity contribution >= 4 is 23.2 Å². The first-order valence-corrected chi connectivity index (χ1v) is 8.61. The van der Waals surface area contributed by atoms with E-state index in [4.69, 9.17) is 0 Å². The number of aliphatic hydroxyl groups is 1. The van der Waals surface area contributed by atoms with Gasteiger partial charge in [-0.15, -0.1) is 11.3 Å². The van der Waals surface area contributed by atoms with Crippen LogP contribution in [0.2, 0.25) is 0 Å². The largest absolute Gasteiger partial charge is 0.393 e. The monoisotopic (exact) mass is 324 g/mol. The Balaban J connectivity index is 1.82. The molecule has 1 unspecified atom stereocenters. The number of carbonyl (C=O) groups excluding carboxylic acids is 2. The van der Waals surface area contributed by atoms with E-state index in [0.29, 0.717) is 17.8 Å². The molecule has 0 saturated carbocycles. The Labute approximate surface area is 135 Å². The summed E-state index contributed by atoms with van der Waals surface area (Å²) in [5, 5.41) is 11.9. The molecule has 1 aromatic heterocycles. The van der Waals surface area contributed by atoms with Crippen LogP contribution in [-0.2, 0) is 17.6 Å². The summed E-state index contributed by atoms with van der Waals surface area (Å²) < 4.78 is 0. The van der Waals surface area contributed by atoms with Crippen molar-refractivity contribution in [1.29, 1.82) is 0 Å². The van der Waals surface area contributed by atoms with Gasteiger partial charge in [0.05, 0.1) is 17.5 Å². The van der Waals surface area contributed by atoms with E-state index in [9.17, 15) is 14.7 Å². The van der Waals surface area contributed by atoms with Crippen molar-refractivity contribution in [3.63, 3.8) is 0 Å². The average Bonchev–Trinajstić information content (AvgIpc) is 2.93. The third-order valence-corrected chi connectivity index (χ3v) is 5.16. The Hall–Kier alpha value is -1.40. The van der Waals surface area contributed by atoms with E-state index in [0.717, 1.165) is 12.8 Å². The molecule has 22 heavy (non-hydrogen) atoms. The number of amides is 2. The summed E-state index contributed by atoms with van der Waals surface area (Å²) in [7, 11) is 1.68. The topological polar surface area (TPSA) is 69.6 Å². The van der Waals surface area contributed by atoms with Crippen LogP contribution in [-0.4, -0.2) is 48.1 Å². The predicted octanol–water partition coefficient (Wildman–Crippen LogP) is 1.59. The van der Waals surface area contributed by atoms with Gasteiger partial charge in [-0.05, 0) is 50.7 Å². The van der Waals surface area contributed by atoms with Crippen LogP contribution in [0, 0.1) is 0 Å². The van der Waals surface area contributed by atoms with Gasteiger partial charge in [-0.3, -0.25) is 9.59 Å². The van der Waals surface area contributed by atoms with Gasteiger partial charge >= 0.3 is 0 Å². The number of carbonyl (C=O) groups is 2. The van der Waals surface area contributed by atoms with Crippen LogP contribution in [0.15, 0.2) is 6.07 Å². The number of thiophene rings is 1. The molecule has 122 valence electrons. The van der Waals surface area contributed by atoms with Gasteiger partial charge in [-0.25, -0.2) is 0 Å². The molecule has 2 N–H and O–H groups in total. The number of likely N-dealkylation sites (N-methyl/N-ethyl adjacent to an activating group) is 1. The zero-order valence-electron chi connectivity index (χ0n) is 13.2. The zero-order chi connectivity index (χ0) is 16.1. The van der Waals surface area contributed by atoms with E-state index in [1.165, 1.54) is 28.2 Å². The third kappa shape index (κ3) is 4.55. The molecule has 6 heteroatoms. The van der Waals surface area contributed by atoms with Crippen LogP contribution >= 0.6 is 11.3 Å². The number of fused-ring (bicyclic) bond motifs is 1. The first kappa shape index (κ1) is 17.0. The molecule has 0 aliphatic heterocycles. The van der Waals surface area contributed by atoms with E-state index < -0.39 is 6.10 Å². The summed E-state index contributed by atoms with van der Waals surface area (Å²) in [4.78, 5) is 27.6. The van der Waals surface area contributed by atoms with E-state index in [-0.39, 0.29) is 18.4 Å². The molecule has 5 nitrogen and oxygen atoms in total. The SMILES string of the molecule is CC(O)CCN(C)C(=O)CNC(=O)c1cc2c(s1)CCCC2. The number of rotatable bonds is 6. The molecule has 1 aliphatic carbocycles. The fourth-order valence-corrected chi connectivity index (χ4v) is 3.66. The number of aliphatic hydroxyl groups excluding tert-OH is 1. The molecule has 0 spiro atoms. The quantitative estimate of drug-likeness (QED) is 0.835. The lowest BCUT2D eigenvalue weighted by Gasteiger charge is -2.18. The number of nitrogens with one attached hydrogen (secondary N) is 1. The highest BCUT2D eigenvalue weighted by molar-refractivity contribution is 7.14. The van der Waals surface area contributed by atoms with Gasteiger partial charge in [-0.1, -0.05) is 0 Å². The molecule has 0 saturated heterocycles. The maximum Gasteiger partial charge on any atom is 0.261 e. The molecule has 2 rings (SSSR count). The Kier molecular flexibility index (Phi) is 5.97. The Morgan fingerprint density at radius 1 is 1.41 bits per heavy atom. The second kappa shape index (κ2) is 7.74. The minimum Gasteiger partial charge on any atom is -0.393 e. The average molecular weight is 324 g/mol. The van der Waals surface area contributed by atoms with Crippen molar-refractivity contribution in [3.8, 4) is 0 Å². The number of nitrogens with zero attached hydrogens (tertiary/aromatic N) is 1. The number of hydrogen-bond acceptors (Lipinski definition) is 4. The second-order valence-electron chi connectivity index (χ2n) is 5.90. The van der Waals surface area contributed by atoms with Crippen LogP contribution in [0.25, 0.3) is 0 Å². The van der Waals surface area contributed by atoms with Gasteiger partial charge in [0.25, 0.3) is 5.91 Å². The van der Waals surface area contributed by atoms with Crippen molar-refractivity contribution in [2.24, 2.45) is 0 Å². The van der Waals surface area contributed by atoms with Crippen molar-refractivity contribution in [2.75, 3.05) is 20.1 Å². The molecule has 1 heterocycles. The van der Waals surface area contributed by atoms with Crippen LogP contribution in [0.1, 0.15) is 46.3 Å². The highest BCUT2D eigenvalue weighted by Gasteiger charge is 2.18. The summed E-state index contributed by atoms with van der Waals surface area (Å²) in [5.41, 5.74) is 1.29. The fraction of sp³-hybridized carbons (Fsp3) is 0.625. The van der Waals surface area contributed by atoms with Gasteiger partial charge in [0, 0.05) is 18.5 Å². The molecule has 0 aromatic carbocycles. The Morgan fingerprint density at radius 2 is 2.14 bits per heavy atom. The Morgan fingerprint density at radius 3 is 2.82 bits per heavy atom. The smallest absolute Gasteiger partial charge is 0.261 e. The van der Waals surface area contributed by atoms with Crippen LogP contribution in [0.4, 0.5) is 0 Å². The van der Waals surface area contributed by atoms with Crippen molar-refractivity contribution in [2.45, 2.75) is 45.1 Å². The normalized spacial score (nSPS) is 15.0. The molecule has 0 radical (unpaired) electrons. The summed E-state index contributed by atoms with van der Waals surface area (Å²) >= 11 is 1.55. The van der Waals surface area contributed by atoms with Gasteiger partial charge < -0.3 is 15.3 Å². The van der Waals surface area contributed by atoms with Crippen LogP contribution in [0.3, 0.4) is 0 Å². The number of aryl methyl sites for hydroxylation is 2. The standard InChI is InChI=1S/C16H24N2O3S/c1-11(19)7-8-18(2)15(20)10-17-16(21)14-9-12-5-3-4-6-13(12)22-14/h9,11,19H,3-8,10H2,1-2H3,(H,17,21). The minimum absolute atomic E-state index is 0.00227. The fourth-order valence-electron chi connectivity index (χ4n) is 2.49. The molecule has 1 aromatic rings. The summed E-state index contributed by atoms with van der Waals surface area (Å²) in [6.07, 6.45) is 4.61. The van der Waals surface area contributed by atoms with Crippen LogP contribution < -0.4 is 5.32 Å². The minimum atomic E-state index is -0.428. The first-order valence-electron chi connectivity index (χ1n) is 7.79. The van der Waals surface area contributed by atoms with Gasteiger partial charge in [0.2, 0.25) is 5.91 Å².